The molecule has 1 atom stereocenters. The minimum atomic E-state index is -0.952. The van der Waals surface area contributed by atoms with Crippen molar-refractivity contribution in [2.75, 3.05) is 13.2 Å². The summed E-state index contributed by atoms with van der Waals surface area (Å²) in [5.74, 6) is -3.33. The van der Waals surface area contributed by atoms with Crippen LogP contribution in [0.25, 0.3) is 0 Å². The molecule has 5 heteroatoms. The highest BCUT2D eigenvalue weighted by Crippen LogP contribution is 2.15. The van der Waals surface area contributed by atoms with Crippen molar-refractivity contribution < 1.29 is 23.9 Å². The highest BCUT2D eigenvalue weighted by atomic mass is 16.5. The Morgan fingerprint density at radius 2 is 2.31 bits per heavy atom. The summed E-state index contributed by atoms with van der Waals surface area (Å²) in [7, 11) is 0. The molecule has 0 unspecified atom stereocenters. The molecule has 1 heterocycles. The van der Waals surface area contributed by atoms with Crippen LogP contribution in [0, 0.1) is 5.92 Å². The SMILES string of the molecule is CCOC(=O)C(=O)[C@@H]1CCOC1=O. The third kappa shape index (κ3) is 2.05. The Morgan fingerprint density at radius 3 is 2.77 bits per heavy atom. The molecule has 72 valence electrons. The van der Waals surface area contributed by atoms with Gasteiger partial charge in [0.1, 0.15) is 5.92 Å². The van der Waals surface area contributed by atoms with E-state index in [1.165, 1.54) is 0 Å². The van der Waals surface area contributed by atoms with Gasteiger partial charge in [-0.15, -0.1) is 0 Å². The zero-order valence-corrected chi connectivity index (χ0v) is 7.24. The fourth-order valence-corrected chi connectivity index (χ4v) is 1.08. The van der Waals surface area contributed by atoms with Crippen molar-refractivity contribution in [2.24, 2.45) is 5.92 Å². The Hall–Kier alpha value is -1.39. The van der Waals surface area contributed by atoms with Crippen LogP contribution in [-0.4, -0.2) is 30.9 Å². The summed E-state index contributed by atoms with van der Waals surface area (Å²) in [6.45, 7) is 1.93. The topological polar surface area (TPSA) is 69.7 Å². The minimum Gasteiger partial charge on any atom is -0.465 e. The average Bonchev–Trinajstić information content (AvgIpc) is 2.50. The highest BCUT2D eigenvalue weighted by Gasteiger charge is 2.37. The third-order valence-corrected chi connectivity index (χ3v) is 1.73. The van der Waals surface area contributed by atoms with E-state index in [1.807, 2.05) is 0 Å². The van der Waals surface area contributed by atoms with Crippen molar-refractivity contribution >= 4 is 17.7 Å². The van der Waals surface area contributed by atoms with Crippen molar-refractivity contribution in [1.82, 2.24) is 0 Å². The molecule has 0 aliphatic carbocycles. The molecule has 1 saturated heterocycles. The van der Waals surface area contributed by atoms with Crippen LogP contribution in [0.4, 0.5) is 0 Å². The Labute approximate surface area is 75.0 Å². The summed E-state index contributed by atoms with van der Waals surface area (Å²) in [4.78, 5) is 32.9. The lowest BCUT2D eigenvalue weighted by molar-refractivity contribution is -0.158. The summed E-state index contributed by atoms with van der Waals surface area (Å²) in [5, 5.41) is 0. The minimum absolute atomic E-state index is 0.131. The number of carbonyl (C=O) groups is 3. The van der Waals surface area contributed by atoms with Gasteiger partial charge < -0.3 is 9.47 Å². The van der Waals surface area contributed by atoms with E-state index in [-0.39, 0.29) is 19.6 Å². The number of hydrogen-bond acceptors (Lipinski definition) is 5. The fraction of sp³-hybridized carbons (Fsp3) is 0.625. The lowest BCUT2D eigenvalue weighted by atomic mass is 10.0. The van der Waals surface area contributed by atoms with Crippen LogP contribution in [0.2, 0.25) is 0 Å². The lowest BCUT2D eigenvalue weighted by Crippen LogP contribution is -2.28. The molecule has 1 fully saturated rings. The number of ether oxygens (including phenoxy) is 2. The molecule has 0 bridgehead atoms. The van der Waals surface area contributed by atoms with Crippen LogP contribution >= 0.6 is 0 Å². The Balaban J connectivity index is 2.56. The normalized spacial score (nSPS) is 21.0. The standard InChI is InChI=1S/C8H10O5/c1-2-12-8(11)6(9)5-3-4-13-7(5)10/h5H,2-4H2,1H3/t5-/m0/s1. The Bertz CT molecular complexity index is 245. The number of carbonyl (C=O) groups excluding carboxylic acids is 3. The second-order valence-electron chi connectivity index (χ2n) is 2.59. The van der Waals surface area contributed by atoms with Crippen molar-refractivity contribution in [3.8, 4) is 0 Å². The number of cyclic esters (lactones) is 1. The molecule has 0 radical (unpaired) electrons. The van der Waals surface area contributed by atoms with Crippen LogP contribution in [0.15, 0.2) is 0 Å². The van der Waals surface area contributed by atoms with Gasteiger partial charge in [0.2, 0.25) is 0 Å². The molecule has 13 heavy (non-hydrogen) atoms. The maximum Gasteiger partial charge on any atom is 0.375 e. The van der Waals surface area contributed by atoms with E-state index >= 15 is 0 Å². The van der Waals surface area contributed by atoms with Gasteiger partial charge in [0, 0.05) is 6.42 Å². The van der Waals surface area contributed by atoms with Gasteiger partial charge in [-0.3, -0.25) is 9.59 Å². The van der Waals surface area contributed by atoms with Gasteiger partial charge in [-0.2, -0.15) is 0 Å². The van der Waals surface area contributed by atoms with Crippen LogP contribution in [0.1, 0.15) is 13.3 Å². The molecular weight excluding hydrogens is 176 g/mol. The van der Waals surface area contributed by atoms with Crippen LogP contribution in [0.3, 0.4) is 0 Å². The predicted molar refractivity (Wildman–Crippen MR) is 40.7 cm³/mol. The molecule has 0 saturated carbocycles. The van der Waals surface area contributed by atoms with E-state index < -0.39 is 23.6 Å². The smallest absolute Gasteiger partial charge is 0.375 e. The first kappa shape index (κ1) is 9.70. The summed E-state index contributed by atoms with van der Waals surface area (Å²) in [6.07, 6.45) is 0.274. The van der Waals surface area contributed by atoms with Crippen LogP contribution < -0.4 is 0 Å². The third-order valence-electron chi connectivity index (χ3n) is 1.73. The van der Waals surface area contributed by atoms with Gasteiger partial charge in [-0.05, 0) is 6.92 Å². The molecule has 0 aromatic rings. The number of esters is 2. The quantitative estimate of drug-likeness (QED) is 0.343. The molecule has 5 nitrogen and oxygen atoms in total. The molecule has 1 aliphatic rings. The monoisotopic (exact) mass is 186 g/mol. The van der Waals surface area contributed by atoms with Gasteiger partial charge in [-0.25, -0.2) is 4.79 Å². The lowest BCUT2D eigenvalue weighted by Gasteiger charge is -2.02. The van der Waals surface area contributed by atoms with Crippen molar-refractivity contribution in [3.63, 3.8) is 0 Å². The highest BCUT2D eigenvalue weighted by molar-refractivity contribution is 6.38. The molecule has 1 rings (SSSR count). The summed E-state index contributed by atoms with van der Waals surface area (Å²) < 4.78 is 9.02. The number of rotatable bonds is 3. The van der Waals surface area contributed by atoms with E-state index in [9.17, 15) is 14.4 Å². The van der Waals surface area contributed by atoms with Crippen LogP contribution in [0.5, 0.6) is 0 Å². The first-order valence-electron chi connectivity index (χ1n) is 4.04. The largest absolute Gasteiger partial charge is 0.465 e. The average molecular weight is 186 g/mol. The Morgan fingerprint density at radius 1 is 1.62 bits per heavy atom. The maximum atomic E-state index is 11.2. The number of Topliss-reactive ketones (excluding diaryl/α,β-unsaturated/α-hetero) is 1. The molecule has 0 spiro atoms. The molecule has 0 aromatic heterocycles. The van der Waals surface area contributed by atoms with E-state index in [0.717, 1.165) is 0 Å². The van der Waals surface area contributed by atoms with Crippen molar-refractivity contribution in [3.05, 3.63) is 0 Å². The molecule has 0 amide bonds. The fourth-order valence-electron chi connectivity index (χ4n) is 1.08. The van der Waals surface area contributed by atoms with Crippen LogP contribution in [-0.2, 0) is 23.9 Å². The molecule has 0 N–H and O–H groups in total. The van der Waals surface area contributed by atoms with Gasteiger partial charge in [0.05, 0.1) is 13.2 Å². The molecular formula is C8H10O5. The second-order valence-corrected chi connectivity index (χ2v) is 2.59. The van der Waals surface area contributed by atoms with Gasteiger partial charge >= 0.3 is 11.9 Å². The van der Waals surface area contributed by atoms with E-state index in [1.54, 1.807) is 6.92 Å². The van der Waals surface area contributed by atoms with Crippen molar-refractivity contribution in [1.29, 1.82) is 0 Å². The second kappa shape index (κ2) is 4.02. The van der Waals surface area contributed by atoms with E-state index in [2.05, 4.69) is 9.47 Å². The first-order chi connectivity index (χ1) is 6.16. The zero-order valence-electron chi connectivity index (χ0n) is 7.24. The molecule has 0 aromatic carbocycles. The summed E-state index contributed by atoms with van der Waals surface area (Å²) in [5.41, 5.74) is 0. The van der Waals surface area contributed by atoms with E-state index in [4.69, 9.17) is 0 Å². The summed E-state index contributed by atoms with van der Waals surface area (Å²) >= 11 is 0. The van der Waals surface area contributed by atoms with Gasteiger partial charge in [0.25, 0.3) is 5.78 Å². The zero-order chi connectivity index (χ0) is 9.84. The number of ketones is 1. The summed E-state index contributed by atoms with van der Waals surface area (Å²) in [6, 6.07) is 0. The Kier molecular flexibility index (Phi) is 3.00. The molecule has 1 aliphatic heterocycles. The first-order valence-corrected chi connectivity index (χ1v) is 4.04. The number of hydrogen-bond donors (Lipinski definition) is 0. The predicted octanol–water partition coefficient (Wildman–Crippen LogP) is -0.318. The van der Waals surface area contributed by atoms with E-state index in [0.29, 0.717) is 0 Å². The maximum absolute atomic E-state index is 11.2. The van der Waals surface area contributed by atoms with Crippen molar-refractivity contribution in [2.45, 2.75) is 13.3 Å². The van der Waals surface area contributed by atoms with Gasteiger partial charge in [-0.1, -0.05) is 0 Å². The van der Waals surface area contributed by atoms with Gasteiger partial charge in [0.15, 0.2) is 0 Å².